The number of nitrogens with zero attached hydrogens (tertiary/aromatic N) is 3. The number of fused-ring (bicyclic) bond motifs is 1. The summed E-state index contributed by atoms with van der Waals surface area (Å²) < 4.78 is 2.96. The van der Waals surface area contributed by atoms with E-state index in [1.807, 2.05) is 30.3 Å². The third-order valence-corrected chi connectivity index (χ3v) is 4.67. The van der Waals surface area contributed by atoms with Gasteiger partial charge >= 0.3 is 5.69 Å². The second-order valence-corrected chi connectivity index (χ2v) is 6.49. The van der Waals surface area contributed by atoms with Crippen LogP contribution >= 0.6 is 11.8 Å². The van der Waals surface area contributed by atoms with E-state index < -0.39 is 17.2 Å². The lowest BCUT2D eigenvalue weighted by atomic mass is 10.2. The Balaban J connectivity index is 2.12. The highest BCUT2D eigenvalue weighted by atomic mass is 32.2. The molecule has 0 aliphatic heterocycles. The van der Waals surface area contributed by atoms with Gasteiger partial charge in [-0.25, -0.2) is 9.78 Å². The van der Waals surface area contributed by atoms with Crippen LogP contribution in [0.5, 0.6) is 0 Å². The molecule has 1 N–H and O–H groups in total. The number of carbonyl (C=O) groups excluding carboxylic acids is 1. The van der Waals surface area contributed by atoms with Crippen molar-refractivity contribution in [2.75, 3.05) is 5.75 Å². The van der Waals surface area contributed by atoms with Crippen LogP contribution in [0.25, 0.3) is 11.2 Å². The average Bonchev–Trinajstić information content (AvgIpc) is 2.92. The Morgan fingerprint density at radius 1 is 1.28 bits per heavy atom. The molecular weight excluding hydrogens is 344 g/mol. The molecule has 130 valence electrons. The molecule has 0 fully saturated rings. The van der Waals surface area contributed by atoms with Gasteiger partial charge < -0.3 is 14.5 Å². The zero-order valence-corrected chi connectivity index (χ0v) is 14.2. The molecule has 8 nitrogen and oxygen atoms in total. The van der Waals surface area contributed by atoms with Crippen LogP contribution in [0, 0.1) is 0 Å². The summed E-state index contributed by atoms with van der Waals surface area (Å²) in [5.74, 6) is -0.893. The minimum atomic E-state index is -1.15. The average molecular weight is 359 g/mol. The predicted molar refractivity (Wildman–Crippen MR) is 91.5 cm³/mol. The highest BCUT2D eigenvalue weighted by Gasteiger charge is 2.17. The van der Waals surface area contributed by atoms with Crippen LogP contribution in [0.1, 0.15) is 12.0 Å². The first-order valence-corrected chi connectivity index (χ1v) is 8.52. The Morgan fingerprint density at radius 2 is 2.00 bits per heavy atom. The number of thioether (sulfide) groups is 1. The first kappa shape index (κ1) is 17.0. The number of aryl methyl sites for hydroxylation is 1. The highest BCUT2D eigenvalue weighted by Crippen LogP contribution is 2.23. The number of aliphatic carboxylic acids is 1. The molecule has 0 aliphatic rings. The van der Waals surface area contributed by atoms with E-state index in [0.717, 1.165) is 5.56 Å². The molecule has 0 saturated heterocycles. The Bertz CT molecular complexity index is 1040. The minimum absolute atomic E-state index is 0.130. The van der Waals surface area contributed by atoms with E-state index in [1.165, 1.54) is 23.4 Å². The summed E-state index contributed by atoms with van der Waals surface area (Å²) in [7, 11) is 1.52. The molecule has 3 rings (SSSR count). The Morgan fingerprint density at radius 3 is 2.68 bits per heavy atom. The van der Waals surface area contributed by atoms with Crippen molar-refractivity contribution in [3.05, 3.63) is 56.7 Å². The maximum Gasteiger partial charge on any atom is 0.329 e. The van der Waals surface area contributed by atoms with Gasteiger partial charge in [0.15, 0.2) is 16.3 Å². The SMILES string of the molecule is Cn1c(=O)[nH]c(=O)c2c1nc(SCCC(=O)[O-])n2Cc1ccccc1. The first-order valence-electron chi connectivity index (χ1n) is 7.53. The molecule has 0 aliphatic carbocycles. The maximum atomic E-state index is 12.3. The van der Waals surface area contributed by atoms with Crippen LogP contribution < -0.4 is 16.4 Å². The number of nitrogens with one attached hydrogen (secondary N) is 1. The van der Waals surface area contributed by atoms with Crippen molar-refractivity contribution in [2.45, 2.75) is 18.1 Å². The number of imidazole rings is 1. The van der Waals surface area contributed by atoms with Gasteiger partial charge in [-0.2, -0.15) is 0 Å². The first-order chi connectivity index (χ1) is 12.0. The number of rotatable bonds is 6. The number of hydrogen-bond acceptors (Lipinski definition) is 6. The molecule has 9 heteroatoms. The van der Waals surface area contributed by atoms with E-state index in [0.29, 0.717) is 11.7 Å². The molecule has 0 atom stereocenters. The lowest BCUT2D eigenvalue weighted by Gasteiger charge is -2.09. The van der Waals surface area contributed by atoms with Crippen molar-refractivity contribution in [3.8, 4) is 0 Å². The van der Waals surface area contributed by atoms with Crippen molar-refractivity contribution >= 4 is 28.9 Å². The number of benzene rings is 1. The van der Waals surface area contributed by atoms with Gasteiger partial charge in [0.2, 0.25) is 0 Å². The Kier molecular flexibility index (Phi) is 4.75. The van der Waals surface area contributed by atoms with Gasteiger partial charge in [-0.15, -0.1) is 0 Å². The zero-order valence-electron chi connectivity index (χ0n) is 13.4. The third-order valence-electron chi connectivity index (χ3n) is 3.69. The number of hydrogen-bond donors (Lipinski definition) is 1. The molecule has 25 heavy (non-hydrogen) atoms. The summed E-state index contributed by atoms with van der Waals surface area (Å²) in [4.78, 5) is 41.4. The fourth-order valence-corrected chi connectivity index (χ4v) is 3.38. The Labute approximate surface area is 146 Å². The van der Waals surface area contributed by atoms with Crippen molar-refractivity contribution in [1.82, 2.24) is 19.1 Å². The van der Waals surface area contributed by atoms with Crippen molar-refractivity contribution in [1.29, 1.82) is 0 Å². The summed E-state index contributed by atoms with van der Waals surface area (Å²) in [5.41, 5.74) is 0.431. The minimum Gasteiger partial charge on any atom is -0.550 e. The van der Waals surface area contributed by atoms with E-state index in [9.17, 15) is 19.5 Å². The van der Waals surface area contributed by atoms with Crippen LogP contribution in [0.2, 0.25) is 0 Å². The summed E-state index contributed by atoms with van der Waals surface area (Å²) in [6.45, 7) is 0.381. The van der Waals surface area contributed by atoms with Gasteiger partial charge in [0.25, 0.3) is 5.56 Å². The molecule has 2 aromatic heterocycles. The van der Waals surface area contributed by atoms with Gasteiger partial charge in [0.05, 0.1) is 6.54 Å². The maximum absolute atomic E-state index is 12.3. The lowest BCUT2D eigenvalue weighted by molar-refractivity contribution is -0.305. The number of aromatic nitrogens is 4. The van der Waals surface area contributed by atoms with Gasteiger partial charge in [0, 0.05) is 18.8 Å². The quantitative estimate of drug-likeness (QED) is 0.605. The normalized spacial score (nSPS) is 11.1. The topological polar surface area (TPSA) is 113 Å². The zero-order chi connectivity index (χ0) is 18.0. The van der Waals surface area contributed by atoms with Crippen LogP contribution in [0.3, 0.4) is 0 Å². The smallest absolute Gasteiger partial charge is 0.329 e. The highest BCUT2D eigenvalue weighted by molar-refractivity contribution is 7.99. The van der Waals surface area contributed by atoms with Crippen LogP contribution in [0.15, 0.2) is 45.1 Å². The van der Waals surface area contributed by atoms with E-state index >= 15 is 0 Å². The molecule has 3 aromatic rings. The third kappa shape index (κ3) is 3.50. The van der Waals surface area contributed by atoms with Crippen molar-refractivity contribution in [2.24, 2.45) is 7.05 Å². The van der Waals surface area contributed by atoms with Gasteiger partial charge in [-0.1, -0.05) is 42.1 Å². The molecule has 0 saturated carbocycles. The van der Waals surface area contributed by atoms with Crippen LogP contribution in [0.4, 0.5) is 0 Å². The summed E-state index contributed by atoms with van der Waals surface area (Å²) >= 11 is 1.21. The predicted octanol–water partition coefficient (Wildman–Crippen LogP) is -0.296. The standard InChI is InChI=1S/C16H16N4O4S/c1-19-13-12(14(23)18-15(19)24)20(9-10-5-3-2-4-6-10)16(17-13)25-8-7-11(21)22/h2-6H,7-9H2,1H3,(H,21,22)(H,18,23,24)/p-1. The van der Waals surface area contributed by atoms with Crippen molar-refractivity contribution < 1.29 is 9.90 Å². The van der Waals surface area contributed by atoms with Crippen LogP contribution in [-0.2, 0) is 18.4 Å². The van der Waals surface area contributed by atoms with E-state index in [2.05, 4.69) is 9.97 Å². The van der Waals surface area contributed by atoms with Gasteiger partial charge in [-0.05, 0) is 12.0 Å². The summed E-state index contributed by atoms with van der Waals surface area (Å²) in [6.07, 6.45) is -0.130. The molecule has 0 bridgehead atoms. The monoisotopic (exact) mass is 359 g/mol. The molecule has 0 spiro atoms. The fraction of sp³-hybridized carbons (Fsp3) is 0.250. The number of aromatic amines is 1. The summed E-state index contributed by atoms with van der Waals surface area (Å²) in [6, 6.07) is 9.49. The molecule has 2 heterocycles. The fourth-order valence-electron chi connectivity index (χ4n) is 2.46. The van der Waals surface area contributed by atoms with Crippen molar-refractivity contribution in [3.63, 3.8) is 0 Å². The largest absolute Gasteiger partial charge is 0.550 e. The molecule has 0 radical (unpaired) electrons. The van der Waals surface area contributed by atoms with E-state index in [4.69, 9.17) is 0 Å². The lowest BCUT2D eigenvalue weighted by Crippen LogP contribution is -2.29. The molecule has 0 unspecified atom stereocenters. The second kappa shape index (κ2) is 6.98. The molecule has 0 amide bonds. The summed E-state index contributed by atoms with van der Waals surface area (Å²) in [5, 5.41) is 11.1. The number of carboxylic acids is 1. The van der Waals surface area contributed by atoms with E-state index in [1.54, 1.807) is 4.57 Å². The number of carbonyl (C=O) groups is 1. The Hall–Kier alpha value is -2.81. The molecular formula is C16H15N4O4S-. The second-order valence-electron chi connectivity index (χ2n) is 5.43. The van der Waals surface area contributed by atoms with E-state index in [-0.39, 0.29) is 23.3 Å². The van der Waals surface area contributed by atoms with Crippen LogP contribution in [-0.4, -0.2) is 30.8 Å². The van der Waals surface area contributed by atoms with Gasteiger partial charge in [0.1, 0.15) is 0 Å². The van der Waals surface area contributed by atoms with Gasteiger partial charge in [-0.3, -0.25) is 14.3 Å². The number of H-pyrrole nitrogens is 1. The number of carboxylic acid groups (broad SMARTS) is 1. The molecule has 1 aromatic carbocycles.